The molecular weight excluding hydrogens is 532 g/mol. The van der Waals surface area contributed by atoms with Gasteiger partial charge in [-0.3, -0.25) is 14.5 Å². The number of methoxy groups -OCH3 is 2. The van der Waals surface area contributed by atoms with Crippen LogP contribution in [0.3, 0.4) is 0 Å². The van der Waals surface area contributed by atoms with Gasteiger partial charge in [-0.1, -0.05) is 35.6 Å². The zero-order chi connectivity index (χ0) is 28.0. The predicted octanol–water partition coefficient (Wildman–Crippen LogP) is 6.24. The maximum atomic E-state index is 14.0. The normalized spacial score (nSPS) is 15.3. The van der Waals surface area contributed by atoms with E-state index in [1.807, 2.05) is 25.1 Å². The molecule has 10 heteroatoms. The van der Waals surface area contributed by atoms with Gasteiger partial charge in [0, 0.05) is 5.39 Å². The average Bonchev–Trinajstić information content (AvgIpc) is 3.66. The number of aromatic nitrogens is 1. The number of aliphatic hydroxyl groups is 1. The lowest BCUT2D eigenvalue weighted by atomic mass is 9.95. The molecule has 6 rings (SSSR count). The van der Waals surface area contributed by atoms with Crippen LogP contribution in [0.5, 0.6) is 17.2 Å². The minimum absolute atomic E-state index is 0.0279. The SMILES string of the molecule is CCOc1ccc2nc(N3C(=O)C(O)=C(C(=O)c4cc5cccc(OC)c5o4)C3c3ccc(OC)cc3)sc2c1. The highest BCUT2D eigenvalue weighted by Crippen LogP contribution is 2.45. The van der Waals surface area contributed by atoms with Crippen LogP contribution in [0.2, 0.25) is 0 Å². The van der Waals surface area contributed by atoms with Crippen molar-refractivity contribution in [1.29, 1.82) is 0 Å². The number of aliphatic hydroxyl groups excluding tert-OH is 1. The van der Waals surface area contributed by atoms with Crippen molar-refractivity contribution >= 4 is 49.3 Å². The Balaban J connectivity index is 1.48. The monoisotopic (exact) mass is 556 g/mol. The van der Waals surface area contributed by atoms with Crippen molar-refractivity contribution in [2.45, 2.75) is 13.0 Å². The number of nitrogens with zero attached hydrogens (tertiary/aromatic N) is 2. The molecule has 0 radical (unpaired) electrons. The first-order chi connectivity index (χ1) is 19.4. The number of benzene rings is 3. The van der Waals surface area contributed by atoms with Crippen LogP contribution in [0, 0.1) is 0 Å². The minimum Gasteiger partial charge on any atom is -0.503 e. The van der Waals surface area contributed by atoms with Crippen LogP contribution in [0.4, 0.5) is 5.13 Å². The highest BCUT2D eigenvalue weighted by molar-refractivity contribution is 7.22. The summed E-state index contributed by atoms with van der Waals surface area (Å²) >= 11 is 1.26. The summed E-state index contributed by atoms with van der Waals surface area (Å²) in [6, 6.07) is 18.3. The molecule has 9 nitrogen and oxygen atoms in total. The number of hydrogen-bond acceptors (Lipinski definition) is 9. The van der Waals surface area contributed by atoms with Gasteiger partial charge in [-0.15, -0.1) is 0 Å². The molecular formula is C30H24N2O7S. The molecule has 40 heavy (non-hydrogen) atoms. The topological polar surface area (TPSA) is 111 Å². The van der Waals surface area contributed by atoms with Crippen LogP contribution >= 0.6 is 11.3 Å². The molecule has 1 aliphatic heterocycles. The number of anilines is 1. The molecule has 0 fully saturated rings. The molecule has 0 saturated carbocycles. The van der Waals surface area contributed by atoms with Gasteiger partial charge in [-0.05, 0) is 55.0 Å². The summed E-state index contributed by atoms with van der Waals surface area (Å²) in [7, 11) is 3.06. The molecule has 1 N–H and O–H groups in total. The molecule has 3 aromatic carbocycles. The lowest BCUT2D eigenvalue weighted by Crippen LogP contribution is -2.30. The van der Waals surface area contributed by atoms with E-state index in [2.05, 4.69) is 4.98 Å². The maximum absolute atomic E-state index is 14.0. The quantitative estimate of drug-likeness (QED) is 0.224. The Hall–Kier alpha value is -4.83. The Morgan fingerprint density at radius 2 is 1.82 bits per heavy atom. The summed E-state index contributed by atoms with van der Waals surface area (Å²) in [5, 5.41) is 12.1. The zero-order valence-electron chi connectivity index (χ0n) is 21.8. The number of carbonyl (C=O) groups is 2. The van der Waals surface area contributed by atoms with Crippen LogP contribution in [0.25, 0.3) is 21.2 Å². The highest BCUT2D eigenvalue weighted by Gasteiger charge is 2.46. The van der Waals surface area contributed by atoms with Crippen molar-refractivity contribution < 1.29 is 33.3 Å². The molecule has 0 saturated heterocycles. The molecule has 0 bridgehead atoms. The first-order valence-corrected chi connectivity index (χ1v) is 13.3. The van der Waals surface area contributed by atoms with E-state index in [0.717, 1.165) is 4.70 Å². The van der Waals surface area contributed by atoms with E-state index in [1.165, 1.54) is 23.3 Å². The number of carbonyl (C=O) groups excluding carboxylic acids is 2. The van der Waals surface area contributed by atoms with E-state index in [9.17, 15) is 14.7 Å². The minimum atomic E-state index is -0.965. The summed E-state index contributed by atoms with van der Waals surface area (Å²) in [6.45, 7) is 2.41. The second-order valence-corrected chi connectivity index (χ2v) is 10.00. The van der Waals surface area contributed by atoms with E-state index < -0.39 is 23.5 Å². The van der Waals surface area contributed by atoms with E-state index in [0.29, 0.717) is 51.0 Å². The Kier molecular flexibility index (Phi) is 6.39. The van der Waals surface area contributed by atoms with Crippen molar-refractivity contribution in [2.75, 3.05) is 25.7 Å². The maximum Gasteiger partial charge on any atom is 0.296 e. The van der Waals surface area contributed by atoms with Crippen LogP contribution in [0.15, 0.2) is 82.5 Å². The second-order valence-electron chi connectivity index (χ2n) is 8.99. The number of para-hydroxylation sites is 1. The number of thiazole rings is 1. The van der Waals surface area contributed by atoms with Gasteiger partial charge >= 0.3 is 0 Å². The number of amides is 1. The van der Waals surface area contributed by atoms with Gasteiger partial charge in [0.2, 0.25) is 5.78 Å². The van der Waals surface area contributed by atoms with Gasteiger partial charge in [0.05, 0.1) is 42.7 Å². The number of hydrogen-bond donors (Lipinski definition) is 1. The summed E-state index contributed by atoms with van der Waals surface area (Å²) in [4.78, 5) is 33.6. The third-order valence-electron chi connectivity index (χ3n) is 6.70. The van der Waals surface area contributed by atoms with Crippen molar-refractivity contribution in [3.63, 3.8) is 0 Å². The molecule has 0 spiro atoms. The van der Waals surface area contributed by atoms with E-state index in [-0.39, 0.29) is 11.3 Å². The Labute approximate surface area is 232 Å². The highest BCUT2D eigenvalue weighted by atomic mass is 32.1. The molecule has 1 unspecified atom stereocenters. The van der Waals surface area contributed by atoms with Crippen LogP contribution in [0.1, 0.15) is 29.1 Å². The lowest BCUT2D eigenvalue weighted by molar-refractivity contribution is -0.117. The molecule has 3 heterocycles. The smallest absolute Gasteiger partial charge is 0.296 e. The number of rotatable bonds is 8. The molecule has 1 amide bonds. The molecule has 2 aromatic heterocycles. The van der Waals surface area contributed by atoms with Crippen molar-refractivity contribution in [2.24, 2.45) is 0 Å². The van der Waals surface area contributed by atoms with E-state index in [1.54, 1.807) is 55.6 Å². The first kappa shape index (κ1) is 25.4. The number of furan rings is 1. The van der Waals surface area contributed by atoms with Gasteiger partial charge in [0.15, 0.2) is 28.0 Å². The van der Waals surface area contributed by atoms with Crippen LogP contribution in [-0.2, 0) is 4.79 Å². The zero-order valence-corrected chi connectivity index (χ0v) is 22.7. The summed E-state index contributed by atoms with van der Waals surface area (Å²) in [6.07, 6.45) is 0. The van der Waals surface area contributed by atoms with Crippen LogP contribution < -0.4 is 19.1 Å². The van der Waals surface area contributed by atoms with E-state index >= 15 is 0 Å². The third-order valence-corrected chi connectivity index (χ3v) is 7.72. The molecule has 1 atom stereocenters. The number of fused-ring (bicyclic) bond motifs is 2. The van der Waals surface area contributed by atoms with Crippen molar-refractivity contribution in [1.82, 2.24) is 4.98 Å². The molecule has 1 aliphatic rings. The Bertz CT molecular complexity index is 1800. The molecule has 202 valence electrons. The van der Waals surface area contributed by atoms with Gasteiger partial charge < -0.3 is 23.7 Å². The number of ketones is 1. The number of Topliss-reactive ketones (excluding diaryl/α,β-unsaturated/α-hetero) is 1. The molecule has 0 aliphatic carbocycles. The van der Waals surface area contributed by atoms with Crippen LogP contribution in [-0.4, -0.2) is 42.6 Å². The molecule has 5 aromatic rings. The summed E-state index contributed by atoms with van der Waals surface area (Å²) in [5.41, 5.74) is 1.53. The summed E-state index contributed by atoms with van der Waals surface area (Å²) in [5.74, 6) is -0.289. The van der Waals surface area contributed by atoms with Gasteiger partial charge in [0.1, 0.15) is 11.5 Å². The third kappa shape index (κ3) is 4.13. The first-order valence-electron chi connectivity index (χ1n) is 12.5. The fraction of sp³-hybridized carbons (Fsp3) is 0.167. The fourth-order valence-electron chi connectivity index (χ4n) is 4.83. The largest absolute Gasteiger partial charge is 0.503 e. The second kappa shape index (κ2) is 10.0. The van der Waals surface area contributed by atoms with E-state index in [4.69, 9.17) is 18.6 Å². The summed E-state index contributed by atoms with van der Waals surface area (Å²) < 4.78 is 23.0. The van der Waals surface area contributed by atoms with Gasteiger partial charge in [0.25, 0.3) is 5.91 Å². The van der Waals surface area contributed by atoms with Gasteiger partial charge in [-0.25, -0.2) is 4.98 Å². The lowest BCUT2D eigenvalue weighted by Gasteiger charge is -2.24. The standard InChI is InChI=1S/C30H24N2O7S/c1-4-38-19-12-13-20-23(15-19)40-30(31-20)32-25(16-8-10-18(36-2)11-9-16)24(27(34)29(32)35)26(33)22-14-17-6-5-7-21(37-3)28(17)39-22/h5-15,25,34H,4H2,1-3H3. The Morgan fingerprint density at radius 1 is 1.05 bits per heavy atom. The van der Waals surface area contributed by atoms with Crippen molar-refractivity contribution in [3.05, 3.63) is 89.4 Å². The van der Waals surface area contributed by atoms with Crippen molar-refractivity contribution in [3.8, 4) is 17.2 Å². The predicted molar refractivity (Wildman–Crippen MR) is 151 cm³/mol. The average molecular weight is 557 g/mol. The van der Waals surface area contributed by atoms with Gasteiger partial charge in [-0.2, -0.15) is 0 Å². The Morgan fingerprint density at radius 3 is 2.55 bits per heavy atom. The number of ether oxygens (including phenoxy) is 3. The fourth-order valence-corrected chi connectivity index (χ4v) is 5.85.